The van der Waals surface area contributed by atoms with Crippen molar-refractivity contribution in [3.63, 3.8) is 0 Å². The summed E-state index contributed by atoms with van der Waals surface area (Å²) in [6.07, 6.45) is 0. The van der Waals surface area contributed by atoms with Gasteiger partial charge in [-0.1, -0.05) is 19.6 Å². The number of halogens is 4. The van der Waals surface area contributed by atoms with Crippen LogP contribution in [0.3, 0.4) is 0 Å². The number of nitrogens with zero attached hydrogens (tertiary/aromatic N) is 2. The van der Waals surface area contributed by atoms with Crippen LogP contribution in [0.4, 0.5) is 17.3 Å². The van der Waals surface area contributed by atoms with Crippen molar-refractivity contribution in [3.05, 3.63) is 5.53 Å². The maximum atomic E-state index is 10.1. The van der Waals surface area contributed by atoms with E-state index in [0.29, 0.717) is 0 Å². The van der Waals surface area contributed by atoms with Crippen molar-refractivity contribution in [3.8, 4) is 0 Å². The Morgan fingerprint density at radius 1 is 0.696 bits per heavy atom. The van der Waals surface area contributed by atoms with Crippen LogP contribution in [0.25, 0.3) is 5.53 Å². The second-order valence-electron chi connectivity index (χ2n) is 3.85. The van der Waals surface area contributed by atoms with Crippen LogP contribution in [0.5, 0.6) is 0 Å². The van der Waals surface area contributed by atoms with Gasteiger partial charge in [0.1, 0.15) is 0 Å². The normalized spacial score (nSPS) is 7.78. The van der Waals surface area contributed by atoms with Gasteiger partial charge in [0, 0.05) is 0 Å². The lowest BCUT2D eigenvalue weighted by Gasteiger charge is -1.95. The van der Waals surface area contributed by atoms with E-state index in [1.54, 1.807) is 5.84 Å². The molecule has 0 aliphatic rings. The molecule has 0 heterocycles. The molecular formula is C4H18B4F4N2O8Si. The fourth-order valence-electron chi connectivity index (χ4n) is 0.173. The lowest BCUT2D eigenvalue weighted by Crippen LogP contribution is -2.22. The molecule has 0 saturated carbocycles. The van der Waals surface area contributed by atoms with Crippen LogP contribution in [0, 0.1) is 0 Å². The van der Waals surface area contributed by atoms with E-state index in [0.717, 1.165) is 0 Å². The Morgan fingerprint density at radius 3 is 0.826 bits per heavy atom. The molecule has 8 N–H and O–H groups in total. The number of hydrogen-bond acceptors (Lipinski definition) is 8. The van der Waals surface area contributed by atoms with Gasteiger partial charge < -0.3 is 45.7 Å². The van der Waals surface area contributed by atoms with Gasteiger partial charge in [0.05, 0.1) is 0 Å². The van der Waals surface area contributed by atoms with E-state index in [4.69, 9.17) is 45.7 Å². The highest BCUT2D eigenvalue weighted by Gasteiger charge is 2.14. The number of rotatable bonds is 1. The van der Waals surface area contributed by atoms with E-state index in [-0.39, 0.29) is 0 Å². The van der Waals surface area contributed by atoms with E-state index in [9.17, 15) is 17.3 Å². The molecule has 0 atom stereocenters. The van der Waals surface area contributed by atoms with E-state index >= 15 is 0 Å². The molecule has 19 heteroatoms. The summed E-state index contributed by atoms with van der Waals surface area (Å²) in [6, 6.07) is 0. The molecule has 0 fully saturated rings. The summed E-state index contributed by atoms with van der Waals surface area (Å²) in [4.78, 5) is 2.94. The first-order chi connectivity index (χ1) is 9.99. The summed E-state index contributed by atoms with van der Waals surface area (Å²) in [7, 11) is -11.9. The van der Waals surface area contributed by atoms with Gasteiger partial charge in [-0.3, -0.25) is 17.3 Å². The van der Waals surface area contributed by atoms with Crippen molar-refractivity contribution in [2.75, 3.05) is 0 Å². The molecule has 0 aromatic carbocycles. The first kappa shape index (κ1) is 33.8. The van der Waals surface area contributed by atoms with Crippen molar-refractivity contribution < 1.29 is 62.2 Å². The van der Waals surface area contributed by atoms with Crippen LogP contribution in [0.1, 0.15) is 0 Å². The molecule has 0 aliphatic heterocycles. The Kier molecular flexibility index (Phi) is 34.5. The lowest BCUT2D eigenvalue weighted by atomic mass is 10.3. The first-order valence-corrected chi connectivity index (χ1v) is 8.76. The Bertz CT molecular complexity index is 236. The quantitative estimate of drug-likeness (QED) is 0.0779. The van der Waals surface area contributed by atoms with Crippen molar-refractivity contribution in [1.82, 2.24) is 0 Å². The van der Waals surface area contributed by atoms with E-state index in [1.807, 2.05) is 0 Å². The van der Waals surface area contributed by atoms with Gasteiger partial charge in [-0.2, -0.15) is 4.79 Å². The predicted octanol–water partition coefficient (Wildman–Crippen LogP) is -3.13. The summed E-state index contributed by atoms with van der Waals surface area (Å²) in [5.41, 5.74) is 8.01. The number of hydrogen-bond donors (Lipinski definition) is 8. The molecule has 0 aromatic heterocycles. The molecule has 10 nitrogen and oxygen atoms in total. The van der Waals surface area contributed by atoms with Gasteiger partial charge >= 0.3 is 29.6 Å². The first-order valence-electron chi connectivity index (χ1n) is 5.19. The van der Waals surface area contributed by atoms with E-state index in [1.165, 1.54) is 0 Å². The molecule has 0 aliphatic carbocycles. The van der Waals surface area contributed by atoms with Crippen molar-refractivity contribution in [2.45, 2.75) is 19.6 Å². The zero-order valence-electron chi connectivity index (χ0n) is 12.4. The fraction of sp³-hybridized carbons (Fsp3) is 0.750. The largest absolute Gasteiger partial charge is 0.674 e. The zero-order valence-corrected chi connectivity index (χ0v) is 13.4. The van der Waals surface area contributed by atoms with Crippen LogP contribution in [0.2, 0.25) is 19.6 Å². The fourth-order valence-corrected chi connectivity index (χ4v) is 0.520. The van der Waals surface area contributed by atoms with Gasteiger partial charge in [0.15, 0.2) is 8.07 Å². The highest BCUT2D eigenvalue weighted by atomic mass is 28.3. The minimum atomic E-state index is -2.67. The van der Waals surface area contributed by atoms with Crippen LogP contribution in [-0.2, 0) is 0 Å². The van der Waals surface area contributed by atoms with E-state index in [2.05, 4.69) is 24.4 Å². The summed E-state index contributed by atoms with van der Waals surface area (Å²) in [6.45, 7) is 6.31. The van der Waals surface area contributed by atoms with Crippen molar-refractivity contribution in [1.29, 1.82) is 0 Å². The minimum Gasteiger partial charge on any atom is -0.398 e. The van der Waals surface area contributed by atoms with Gasteiger partial charge in [0.25, 0.3) is 0 Å². The van der Waals surface area contributed by atoms with Gasteiger partial charge in [-0.25, -0.2) is 0 Å². The standard InChI is InChI=1S/C4H10N2Si.4BFH2O2/c1-7(2,3)4-6-5;4*2-1(3)4/h4H,1-3H3;4*3-4H. The average Bonchev–Trinajstić information content (AvgIpc) is 2.09. The Labute approximate surface area is 132 Å². The zero-order chi connectivity index (χ0) is 20.2. The predicted molar refractivity (Wildman–Crippen MR) is 78.2 cm³/mol. The molecule has 23 heavy (non-hydrogen) atoms. The molecule has 136 valence electrons. The molecule has 0 radical (unpaired) electrons. The lowest BCUT2D eigenvalue weighted by molar-refractivity contribution is 0.00679. The topological polar surface area (TPSA) is 198 Å². The summed E-state index contributed by atoms with van der Waals surface area (Å²) < 4.78 is 40.4. The average molecular weight is 370 g/mol. The SMILES string of the molecule is C[Si](C)(C)C=[N+]=[N-].OB(O)F.OB(O)F.OB(O)F.OB(O)F. The van der Waals surface area contributed by atoms with Crippen LogP contribution < -0.4 is 0 Å². The summed E-state index contributed by atoms with van der Waals surface area (Å²) in [5, 5.41) is 55.6. The minimum absolute atomic E-state index is 1.20. The van der Waals surface area contributed by atoms with Crippen LogP contribution in [-0.4, -0.2) is 88.5 Å². The van der Waals surface area contributed by atoms with Crippen LogP contribution in [0.15, 0.2) is 0 Å². The van der Waals surface area contributed by atoms with Gasteiger partial charge in [-0.15, -0.1) is 0 Å². The Morgan fingerprint density at radius 2 is 0.826 bits per heavy atom. The second kappa shape index (κ2) is 23.5. The molecular weight excluding hydrogens is 351 g/mol. The molecule has 0 bridgehead atoms. The Hall–Kier alpha value is -0.743. The smallest absolute Gasteiger partial charge is 0.398 e. The molecule has 0 aromatic rings. The third-order valence-electron chi connectivity index (χ3n) is 0.445. The third-order valence-corrected chi connectivity index (χ3v) is 1.34. The molecule has 0 spiro atoms. The van der Waals surface area contributed by atoms with Crippen LogP contribution >= 0.6 is 0 Å². The van der Waals surface area contributed by atoms with Gasteiger partial charge in [-0.05, 0) is 0 Å². The molecule has 0 saturated heterocycles. The Balaban J connectivity index is -0.0000000604. The highest BCUT2D eigenvalue weighted by molar-refractivity contribution is 6.98. The van der Waals surface area contributed by atoms with E-state index < -0.39 is 37.7 Å². The highest BCUT2D eigenvalue weighted by Crippen LogP contribution is 1.91. The summed E-state index contributed by atoms with van der Waals surface area (Å²) in [5.74, 6) is 1.63. The maximum Gasteiger partial charge on any atom is 0.674 e. The molecule has 0 rings (SSSR count). The van der Waals surface area contributed by atoms with Crippen molar-refractivity contribution >= 4 is 43.5 Å². The summed E-state index contributed by atoms with van der Waals surface area (Å²) >= 11 is 0. The van der Waals surface area contributed by atoms with Gasteiger partial charge in [0.2, 0.25) is 5.84 Å². The van der Waals surface area contributed by atoms with Crippen molar-refractivity contribution in [2.24, 2.45) is 0 Å². The second-order valence-corrected chi connectivity index (χ2v) is 8.84. The molecule has 0 unspecified atom stereocenters. The molecule has 0 amide bonds. The monoisotopic (exact) mass is 370 g/mol. The maximum absolute atomic E-state index is 10.1. The third kappa shape index (κ3) is 743.